The van der Waals surface area contributed by atoms with Crippen molar-refractivity contribution in [2.24, 2.45) is 0 Å². The number of amides is 1. The first kappa shape index (κ1) is 17.5. The minimum absolute atomic E-state index is 0.0337. The molecule has 1 aromatic carbocycles. The van der Waals surface area contributed by atoms with E-state index in [-0.39, 0.29) is 36.8 Å². The monoisotopic (exact) mass is 352 g/mol. The van der Waals surface area contributed by atoms with Crippen molar-refractivity contribution in [2.45, 2.75) is 6.36 Å². The number of carbonyl (C=O) groups is 1. The summed E-state index contributed by atoms with van der Waals surface area (Å²) in [6.45, 7) is 0.336. The van der Waals surface area contributed by atoms with Gasteiger partial charge in [-0.25, -0.2) is 8.42 Å². The Hall–Kier alpha value is -1.81. The number of hydrogen-bond donors (Lipinski definition) is 1. The van der Waals surface area contributed by atoms with Gasteiger partial charge in [-0.3, -0.25) is 9.69 Å². The van der Waals surface area contributed by atoms with Gasteiger partial charge < -0.3 is 10.1 Å². The van der Waals surface area contributed by atoms with Crippen LogP contribution in [-0.2, 0) is 14.6 Å². The van der Waals surface area contributed by atoms with E-state index in [2.05, 4.69) is 10.1 Å². The molecule has 0 unspecified atom stereocenters. The number of hydrogen-bond acceptors (Lipinski definition) is 5. The van der Waals surface area contributed by atoms with E-state index >= 15 is 0 Å². The fourth-order valence-electron chi connectivity index (χ4n) is 2.08. The summed E-state index contributed by atoms with van der Waals surface area (Å²) in [4.78, 5) is 13.5. The molecule has 0 radical (unpaired) electrons. The van der Waals surface area contributed by atoms with Crippen LogP contribution < -0.4 is 10.1 Å². The molecule has 0 aromatic heterocycles. The van der Waals surface area contributed by atoms with E-state index in [1.165, 1.54) is 18.2 Å². The molecule has 0 bridgehead atoms. The second-order valence-corrected chi connectivity index (χ2v) is 7.32. The Labute approximate surface area is 131 Å². The van der Waals surface area contributed by atoms with Gasteiger partial charge in [-0.1, -0.05) is 12.1 Å². The van der Waals surface area contributed by atoms with Crippen molar-refractivity contribution in [3.05, 3.63) is 24.3 Å². The van der Waals surface area contributed by atoms with Gasteiger partial charge in [0.05, 0.1) is 23.7 Å². The van der Waals surface area contributed by atoms with Crippen molar-refractivity contribution in [2.75, 3.05) is 36.5 Å². The molecule has 1 N–H and O–H groups in total. The molecule has 1 aliphatic heterocycles. The Morgan fingerprint density at radius 1 is 1.22 bits per heavy atom. The summed E-state index contributed by atoms with van der Waals surface area (Å²) in [6.07, 6.45) is -4.86. The van der Waals surface area contributed by atoms with Gasteiger partial charge in [-0.2, -0.15) is 0 Å². The number of ether oxygens (including phenoxy) is 1. The summed E-state index contributed by atoms with van der Waals surface area (Å²) in [5.74, 6) is -1.11. The third-order valence-electron chi connectivity index (χ3n) is 3.19. The van der Waals surface area contributed by atoms with Crippen molar-refractivity contribution in [1.82, 2.24) is 4.90 Å². The van der Waals surface area contributed by atoms with Crippen molar-refractivity contribution < 1.29 is 31.1 Å². The van der Waals surface area contributed by atoms with E-state index in [0.717, 1.165) is 6.07 Å². The second-order valence-electron chi connectivity index (χ2n) is 5.02. The normalized spacial score (nSPS) is 18.4. The van der Waals surface area contributed by atoms with Crippen LogP contribution in [0.5, 0.6) is 5.75 Å². The quantitative estimate of drug-likeness (QED) is 0.883. The minimum Gasteiger partial charge on any atom is -0.404 e. The zero-order chi connectivity index (χ0) is 17.1. The molecule has 0 atom stereocenters. The van der Waals surface area contributed by atoms with Crippen LogP contribution in [0.1, 0.15) is 0 Å². The number of halogens is 3. The second kappa shape index (κ2) is 6.75. The van der Waals surface area contributed by atoms with Crippen LogP contribution >= 0.6 is 0 Å². The molecule has 2 rings (SSSR count). The van der Waals surface area contributed by atoms with Crippen LogP contribution in [-0.4, -0.2) is 56.7 Å². The molecule has 1 saturated heterocycles. The summed E-state index contributed by atoms with van der Waals surface area (Å²) in [7, 11) is -3.06. The van der Waals surface area contributed by atoms with Gasteiger partial charge in [0.25, 0.3) is 0 Å². The molecule has 1 aliphatic rings. The van der Waals surface area contributed by atoms with Crippen LogP contribution in [0.3, 0.4) is 0 Å². The third kappa shape index (κ3) is 5.71. The Kier molecular flexibility index (Phi) is 5.15. The summed E-state index contributed by atoms with van der Waals surface area (Å²) in [5, 5.41) is 2.35. The molecule has 0 aliphatic carbocycles. The lowest BCUT2D eigenvalue weighted by Gasteiger charge is -2.25. The van der Waals surface area contributed by atoms with Crippen molar-refractivity contribution >= 4 is 21.4 Å². The van der Waals surface area contributed by atoms with E-state index in [1.54, 1.807) is 4.90 Å². The van der Waals surface area contributed by atoms with Gasteiger partial charge in [-0.15, -0.1) is 13.2 Å². The predicted octanol–water partition coefficient (Wildman–Crippen LogP) is 1.25. The summed E-state index contributed by atoms with van der Waals surface area (Å²) >= 11 is 0. The lowest BCUT2D eigenvalue weighted by Crippen LogP contribution is -2.43. The Morgan fingerprint density at radius 3 is 2.43 bits per heavy atom. The zero-order valence-electron chi connectivity index (χ0n) is 12.0. The Morgan fingerprint density at radius 2 is 1.83 bits per heavy atom. The average Bonchev–Trinajstić information content (AvgIpc) is 2.42. The number of benzene rings is 1. The molecule has 128 valence electrons. The summed E-state index contributed by atoms with van der Waals surface area (Å²) < 4.78 is 63.4. The van der Waals surface area contributed by atoms with E-state index in [9.17, 15) is 26.4 Å². The molecule has 1 fully saturated rings. The number of alkyl halides is 3. The molecule has 0 saturated carbocycles. The topological polar surface area (TPSA) is 75.7 Å². The van der Waals surface area contributed by atoms with Crippen molar-refractivity contribution in [3.63, 3.8) is 0 Å². The lowest BCUT2D eigenvalue weighted by molar-refractivity contribution is -0.274. The maximum atomic E-state index is 12.3. The highest BCUT2D eigenvalue weighted by Gasteiger charge is 2.32. The largest absolute Gasteiger partial charge is 0.573 e. The number of nitrogens with one attached hydrogen (secondary N) is 1. The Bertz CT molecular complexity index is 662. The number of nitrogens with zero attached hydrogens (tertiary/aromatic N) is 1. The van der Waals surface area contributed by atoms with Gasteiger partial charge in [0.2, 0.25) is 5.91 Å². The van der Waals surface area contributed by atoms with Gasteiger partial charge in [0.1, 0.15) is 0 Å². The van der Waals surface area contributed by atoms with Crippen LogP contribution in [0.2, 0.25) is 0 Å². The molecule has 1 amide bonds. The molecule has 6 nitrogen and oxygen atoms in total. The fraction of sp³-hybridized carbons (Fsp3) is 0.462. The van der Waals surface area contributed by atoms with Gasteiger partial charge in [0.15, 0.2) is 15.6 Å². The van der Waals surface area contributed by atoms with Crippen LogP contribution in [0.25, 0.3) is 0 Å². The van der Waals surface area contributed by atoms with Gasteiger partial charge in [-0.05, 0) is 12.1 Å². The number of anilines is 1. The SMILES string of the molecule is O=C(CN1CCS(=O)(=O)CC1)Nc1ccccc1OC(F)(F)F. The first-order chi connectivity index (χ1) is 10.6. The predicted molar refractivity (Wildman–Crippen MR) is 76.8 cm³/mol. The molecule has 1 heterocycles. The number of para-hydroxylation sites is 2. The maximum absolute atomic E-state index is 12.3. The van der Waals surface area contributed by atoms with Gasteiger partial charge in [0, 0.05) is 13.1 Å². The van der Waals surface area contributed by atoms with E-state index in [4.69, 9.17) is 0 Å². The smallest absolute Gasteiger partial charge is 0.404 e. The highest BCUT2D eigenvalue weighted by molar-refractivity contribution is 7.91. The zero-order valence-corrected chi connectivity index (χ0v) is 12.8. The van der Waals surface area contributed by atoms with Crippen LogP contribution in [0, 0.1) is 0 Å². The average molecular weight is 352 g/mol. The number of sulfone groups is 1. The lowest BCUT2D eigenvalue weighted by atomic mass is 10.3. The van der Waals surface area contributed by atoms with E-state index < -0.39 is 27.9 Å². The maximum Gasteiger partial charge on any atom is 0.573 e. The molecular formula is C13H15F3N2O4S. The van der Waals surface area contributed by atoms with E-state index in [1.807, 2.05) is 0 Å². The molecular weight excluding hydrogens is 337 g/mol. The van der Waals surface area contributed by atoms with Crippen molar-refractivity contribution in [1.29, 1.82) is 0 Å². The van der Waals surface area contributed by atoms with E-state index in [0.29, 0.717) is 0 Å². The molecule has 10 heteroatoms. The van der Waals surface area contributed by atoms with Gasteiger partial charge >= 0.3 is 6.36 Å². The first-order valence-corrected chi connectivity index (χ1v) is 8.54. The summed E-state index contributed by atoms with van der Waals surface area (Å²) in [6, 6.07) is 5.20. The highest BCUT2D eigenvalue weighted by atomic mass is 32.2. The Balaban J connectivity index is 1.96. The standard InChI is InChI=1S/C13H15F3N2O4S/c14-13(15,16)22-11-4-2-1-3-10(11)17-12(19)9-18-5-7-23(20,21)8-6-18/h1-4H,5-9H2,(H,17,19). The molecule has 0 spiro atoms. The fourth-order valence-corrected chi connectivity index (χ4v) is 3.36. The van der Waals surface area contributed by atoms with Crippen LogP contribution in [0.4, 0.5) is 18.9 Å². The highest BCUT2D eigenvalue weighted by Crippen LogP contribution is 2.29. The first-order valence-electron chi connectivity index (χ1n) is 6.72. The molecule has 1 aromatic rings. The van der Waals surface area contributed by atoms with Crippen molar-refractivity contribution in [3.8, 4) is 5.75 Å². The third-order valence-corrected chi connectivity index (χ3v) is 4.80. The number of rotatable bonds is 4. The molecule has 23 heavy (non-hydrogen) atoms. The summed E-state index contributed by atoms with van der Waals surface area (Å²) in [5.41, 5.74) is -0.0977. The van der Waals surface area contributed by atoms with Crippen LogP contribution in [0.15, 0.2) is 24.3 Å². The minimum atomic E-state index is -4.86. The number of carbonyl (C=O) groups excluding carboxylic acids is 1.